The van der Waals surface area contributed by atoms with Crippen LogP contribution < -0.4 is 11.1 Å². The molecular formula is C10H16N6. The molecule has 6 heteroatoms. The van der Waals surface area contributed by atoms with Gasteiger partial charge in [0.05, 0.1) is 11.6 Å². The SMILES string of the molecule is CC(CCN)Nc1ncnc2c1cnn2C. The second-order valence-electron chi connectivity index (χ2n) is 3.85. The van der Waals surface area contributed by atoms with Gasteiger partial charge in [0.25, 0.3) is 0 Å². The number of hydrogen-bond donors (Lipinski definition) is 2. The molecule has 16 heavy (non-hydrogen) atoms. The number of nitrogens with zero attached hydrogens (tertiary/aromatic N) is 4. The maximum absolute atomic E-state index is 5.51. The van der Waals surface area contributed by atoms with Crippen LogP contribution >= 0.6 is 0 Å². The highest BCUT2D eigenvalue weighted by atomic mass is 15.3. The van der Waals surface area contributed by atoms with Gasteiger partial charge in [0.15, 0.2) is 5.65 Å². The Morgan fingerprint density at radius 1 is 1.50 bits per heavy atom. The summed E-state index contributed by atoms with van der Waals surface area (Å²) in [4.78, 5) is 8.41. The quantitative estimate of drug-likeness (QED) is 0.784. The average Bonchev–Trinajstić information content (AvgIpc) is 2.62. The first-order valence-electron chi connectivity index (χ1n) is 5.31. The Morgan fingerprint density at radius 3 is 3.06 bits per heavy atom. The van der Waals surface area contributed by atoms with Crippen LogP contribution in [-0.2, 0) is 7.05 Å². The molecule has 0 amide bonds. The van der Waals surface area contributed by atoms with Gasteiger partial charge in [-0.25, -0.2) is 9.97 Å². The number of hydrogen-bond acceptors (Lipinski definition) is 5. The summed E-state index contributed by atoms with van der Waals surface area (Å²) in [5.74, 6) is 0.819. The van der Waals surface area contributed by atoms with Gasteiger partial charge in [-0.05, 0) is 19.9 Å². The second kappa shape index (κ2) is 4.44. The van der Waals surface area contributed by atoms with E-state index < -0.39 is 0 Å². The fraction of sp³-hybridized carbons (Fsp3) is 0.500. The van der Waals surface area contributed by atoms with Gasteiger partial charge in [0, 0.05) is 13.1 Å². The second-order valence-corrected chi connectivity index (χ2v) is 3.85. The lowest BCUT2D eigenvalue weighted by atomic mass is 10.2. The van der Waals surface area contributed by atoms with Crippen molar-refractivity contribution in [2.45, 2.75) is 19.4 Å². The van der Waals surface area contributed by atoms with Gasteiger partial charge in [-0.1, -0.05) is 0 Å². The first-order valence-corrected chi connectivity index (χ1v) is 5.31. The highest BCUT2D eigenvalue weighted by Gasteiger charge is 2.09. The Morgan fingerprint density at radius 2 is 2.31 bits per heavy atom. The first-order chi connectivity index (χ1) is 7.72. The Kier molecular flexibility index (Phi) is 3.00. The average molecular weight is 220 g/mol. The zero-order valence-electron chi connectivity index (χ0n) is 9.51. The van der Waals surface area contributed by atoms with E-state index in [-0.39, 0.29) is 0 Å². The molecule has 1 atom stereocenters. The van der Waals surface area contributed by atoms with Gasteiger partial charge in [-0.2, -0.15) is 5.10 Å². The van der Waals surface area contributed by atoms with Crippen LogP contribution in [0.15, 0.2) is 12.5 Å². The highest BCUT2D eigenvalue weighted by Crippen LogP contribution is 2.18. The summed E-state index contributed by atoms with van der Waals surface area (Å²) in [5, 5.41) is 8.41. The van der Waals surface area contributed by atoms with E-state index >= 15 is 0 Å². The standard InChI is InChI=1S/C10H16N6/c1-7(3-4-11)15-9-8-5-14-16(2)10(8)13-6-12-9/h5-7H,3-4,11H2,1-2H3,(H,12,13,15). The van der Waals surface area contributed by atoms with Gasteiger partial charge >= 0.3 is 0 Å². The van der Waals surface area contributed by atoms with E-state index in [1.807, 2.05) is 7.05 Å². The summed E-state index contributed by atoms with van der Waals surface area (Å²) < 4.78 is 1.73. The van der Waals surface area contributed by atoms with E-state index in [9.17, 15) is 0 Å². The Bertz CT molecular complexity index is 477. The lowest BCUT2D eigenvalue weighted by Gasteiger charge is -2.13. The molecule has 0 aromatic carbocycles. The van der Waals surface area contributed by atoms with Crippen molar-refractivity contribution in [3.63, 3.8) is 0 Å². The number of aromatic nitrogens is 4. The number of nitrogens with two attached hydrogens (primary N) is 1. The molecule has 0 aliphatic rings. The predicted molar refractivity (Wildman–Crippen MR) is 63.1 cm³/mol. The van der Waals surface area contributed by atoms with E-state index in [4.69, 9.17) is 5.73 Å². The van der Waals surface area contributed by atoms with Crippen LogP contribution in [0.2, 0.25) is 0 Å². The third-order valence-electron chi connectivity index (χ3n) is 2.51. The number of anilines is 1. The van der Waals surface area contributed by atoms with Gasteiger partial charge in [-0.15, -0.1) is 0 Å². The van der Waals surface area contributed by atoms with Crippen LogP contribution in [-0.4, -0.2) is 32.3 Å². The topological polar surface area (TPSA) is 81.7 Å². The molecular weight excluding hydrogens is 204 g/mol. The lowest BCUT2D eigenvalue weighted by molar-refractivity contribution is 0.714. The van der Waals surface area contributed by atoms with E-state index in [1.165, 1.54) is 0 Å². The van der Waals surface area contributed by atoms with Gasteiger partial charge < -0.3 is 11.1 Å². The normalized spacial score (nSPS) is 12.9. The van der Waals surface area contributed by atoms with Crippen molar-refractivity contribution in [1.29, 1.82) is 0 Å². The summed E-state index contributed by atoms with van der Waals surface area (Å²) in [6.45, 7) is 2.74. The van der Waals surface area contributed by atoms with E-state index in [2.05, 4.69) is 27.3 Å². The van der Waals surface area contributed by atoms with Gasteiger partial charge in [0.1, 0.15) is 12.1 Å². The van der Waals surface area contributed by atoms with E-state index in [1.54, 1.807) is 17.2 Å². The fourth-order valence-corrected chi connectivity index (χ4v) is 1.63. The Hall–Kier alpha value is -1.69. The van der Waals surface area contributed by atoms with Crippen LogP contribution in [0.5, 0.6) is 0 Å². The van der Waals surface area contributed by atoms with E-state index in [0.29, 0.717) is 12.6 Å². The van der Waals surface area contributed by atoms with Crippen LogP contribution in [0.4, 0.5) is 5.82 Å². The summed E-state index contributed by atoms with van der Waals surface area (Å²) in [6.07, 6.45) is 4.22. The first kappa shape index (κ1) is 10.8. The van der Waals surface area contributed by atoms with Gasteiger partial charge in [0.2, 0.25) is 0 Å². The molecule has 2 aromatic heterocycles. The molecule has 1 unspecified atom stereocenters. The molecule has 0 saturated heterocycles. The van der Waals surface area contributed by atoms with Crippen molar-refractivity contribution < 1.29 is 0 Å². The molecule has 0 saturated carbocycles. The molecule has 2 aromatic rings. The minimum Gasteiger partial charge on any atom is -0.367 e. The van der Waals surface area contributed by atoms with Gasteiger partial charge in [-0.3, -0.25) is 4.68 Å². The summed E-state index contributed by atoms with van der Waals surface area (Å²) in [7, 11) is 1.86. The molecule has 86 valence electrons. The summed E-state index contributed by atoms with van der Waals surface area (Å²) >= 11 is 0. The van der Waals surface area contributed by atoms with Crippen molar-refractivity contribution in [2.24, 2.45) is 12.8 Å². The minimum absolute atomic E-state index is 0.295. The fourth-order valence-electron chi connectivity index (χ4n) is 1.63. The van der Waals surface area contributed by atoms with Crippen molar-refractivity contribution in [2.75, 3.05) is 11.9 Å². The molecule has 6 nitrogen and oxygen atoms in total. The zero-order chi connectivity index (χ0) is 11.5. The lowest BCUT2D eigenvalue weighted by Crippen LogP contribution is -2.20. The Labute approximate surface area is 93.9 Å². The Balaban J connectivity index is 2.30. The molecule has 0 aliphatic carbocycles. The van der Waals surface area contributed by atoms with Crippen LogP contribution in [0.25, 0.3) is 11.0 Å². The largest absolute Gasteiger partial charge is 0.367 e. The maximum atomic E-state index is 5.51. The highest BCUT2D eigenvalue weighted by molar-refractivity contribution is 5.86. The molecule has 0 radical (unpaired) electrons. The van der Waals surface area contributed by atoms with Crippen molar-refractivity contribution in [3.05, 3.63) is 12.5 Å². The third-order valence-corrected chi connectivity index (χ3v) is 2.51. The molecule has 2 heterocycles. The zero-order valence-corrected chi connectivity index (χ0v) is 9.51. The van der Waals surface area contributed by atoms with Crippen molar-refractivity contribution >= 4 is 16.9 Å². The molecule has 2 rings (SSSR count). The third kappa shape index (κ3) is 1.96. The van der Waals surface area contributed by atoms with Crippen LogP contribution in [0, 0.1) is 0 Å². The minimum atomic E-state index is 0.295. The number of nitrogens with one attached hydrogen (secondary N) is 1. The molecule has 0 fully saturated rings. The van der Waals surface area contributed by atoms with Crippen LogP contribution in [0.3, 0.4) is 0 Å². The summed E-state index contributed by atoms with van der Waals surface area (Å²) in [6, 6.07) is 0.295. The van der Waals surface area contributed by atoms with Crippen molar-refractivity contribution in [3.8, 4) is 0 Å². The molecule has 0 spiro atoms. The van der Waals surface area contributed by atoms with Crippen LogP contribution in [0.1, 0.15) is 13.3 Å². The molecule has 3 N–H and O–H groups in total. The molecule has 0 aliphatic heterocycles. The number of fused-ring (bicyclic) bond motifs is 1. The predicted octanol–water partition coefficient (Wildman–Crippen LogP) is 0.512. The van der Waals surface area contributed by atoms with Crippen molar-refractivity contribution in [1.82, 2.24) is 19.7 Å². The number of aryl methyl sites for hydroxylation is 1. The number of rotatable bonds is 4. The summed E-state index contributed by atoms with van der Waals surface area (Å²) in [5.41, 5.74) is 6.34. The van der Waals surface area contributed by atoms with E-state index in [0.717, 1.165) is 23.3 Å². The maximum Gasteiger partial charge on any atom is 0.163 e. The monoisotopic (exact) mass is 220 g/mol. The smallest absolute Gasteiger partial charge is 0.163 e. The molecule has 0 bridgehead atoms.